The maximum absolute atomic E-state index is 10.4. The lowest BCUT2D eigenvalue weighted by Gasteiger charge is -2.30. The molecule has 2 nitrogen and oxygen atoms in total. The van der Waals surface area contributed by atoms with Crippen molar-refractivity contribution in [3.8, 4) is 0 Å². The summed E-state index contributed by atoms with van der Waals surface area (Å²) >= 11 is 0. The van der Waals surface area contributed by atoms with Crippen LogP contribution in [-0.2, 0) is 0 Å². The highest BCUT2D eigenvalue weighted by Gasteiger charge is 2.10. The van der Waals surface area contributed by atoms with Crippen LogP contribution in [0.2, 0.25) is 0 Å². The molecule has 74 valence electrons. The Kier molecular flexibility index (Phi) is 6.39. The molecule has 0 heterocycles. The van der Waals surface area contributed by atoms with Crippen LogP contribution in [0.4, 0.5) is 0 Å². The Bertz CT molecular complexity index is 102. The zero-order chi connectivity index (χ0) is 9.45. The van der Waals surface area contributed by atoms with Crippen molar-refractivity contribution < 1.29 is 0 Å². The third kappa shape index (κ3) is 6.62. The summed E-state index contributed by atoms with van der Waals surface area (Å²) in [4.78, 5) is 0. The van der Waals surface area contributed by atoms with Gasteiger partial charge in [0.05, 0.1) is 0 Å². The molecule has 0 amide bonds. The maximum Gasteiger partial charge on any atom is 0.000819 e. The van der Waals surface area contributed by atoms with Crippen LogP contribution in [0.1, 0.15) is 59.3 Å². The molecule has 0 aromatic carbocycles. The summed E-state index contributed by atoms with van der Waals surface area (Å²) in [7, 11) is 0. The Balaban J connectivity index is 3.19. The topological polar surface area (TPSA) is 35.1 Å². The monoisotopic (exact) mass is 172 g/mol. The van der Waals surface area contributed by atoms with Crippen molar-refractivity contribution in [1.82, 2.24) is 5.48 Å². The molecule has 0 rings (SSSR count). The molecule has 0 aliphatic heterocycles. The predicted molar refractivity (Wildman–Crippen MR) is 54.0 cm³/mol. The van der Waals surface area contributed by atoms with Gasteiger partial charge in [0.15, 0.2) is 0 Å². The average Bonchev–Trinajstić information content (AvgIpc) is 2.04. The average molecular weight is 172 g/mol. The number of hydrogen-bond acceptors (Lipinski definition) is 2. The SMILES string of the molecule is CCCCCCCC(C)(C)N[O-]. The Morgan fingerprint density at radius 3 is 2.17 bits per heavy atom. The summed E-state index contributed by atoms with van der Waals surface area (Å²) < 4.78 is 0. The van der Waals surface area contributed by atoms with E-state index in [1.54, 1.807) is 0 Å². The van der Waals surface area contributed by atoms with E-state index in [-0.39, 0.29) is 5.54 Å². The number of rotatable bonds is 7. The molecule has 0 saturated carbocycles. The van der Waals surface area contributed by atoms with Crippen LogP contribution >= 0.6 is 0 Å². The second-order valence-electron chi connectivity index (χ2n) is 4.15. The van der Waals surface area contributed by atoms with Gasteiger partial charge in [-0.1, -0.05) is 39.0 Å². The minimum Gasteiger partial charge on any atom is -0.787 e. The predicted octanol–water partition coefficient (Wildman–Crippen LogP) is 3.21. The first-order valence-corrected chi connectivity index (χ1v) is 5.01. The van der Waals surface area contributed by atoms with Crippen molar-refractivity contribution in [3.05, 3.63) is 5.21 Å². The number of hydroxylamine groups is 1. The van der Waals surface area contributed by atoms with E-state index in [2.05, 4.69) is 12.4 Å². The second-order valence-corrected chi connectivity index (χ2v) is 4.15. The summed E-state index contributed by atoms with van der Waals surface area (Å²) in [6.45, 7) is 6.13. The molecule has 0 unspecified atom stereocenters. The molecule has 0 aromatic heterocycles. The van der Waals surface area contributed by atoms with Crippen molar-refractivity contribution in [2.45, 2.75) is 64.8 Å². The van der Waals surface area contributed by atoms with Crippen LogP contribution in [0.25, 0.3) is 0 Å². The van der Waals surface area contributed by atoms with Crippen LogP contribution in [0.5, 0.6) is 0 Å². The molecule has 1 N–H and O–H groups in total. The minimum absolute atomic E-state index is 0.216. The first-order chi connectivity index (χ1) is 5.62. The van der Waals surface area contributed by atoms with E-state index in [9.17, 15) is 5.21 Å². The van der Waals surface area contributed by atoms with Crippen molar-refractivity contribution >= 4 is 0 Å². The second kappa shape index (κ2) is 6.44. The fraction of sp³-hybridized carbons (Fsp3) is 1.00. The van der Waals surface area contributed by atoms with Crippen molar-refractivity contribution in [2.75, 3.05) is 0 Å². The summed E-state index contributed by atoms with van der Waals surface area (Å²) in [5, 5.41) is 10.4. The molecule has 0 aliphatic rings. The molecule has 0 fully saturated rings. The molecular formula is C10H22NO-. The van der Waals surface area contributed by atoms with Crippen molar-refractivity contribution in [2.24, 2.45) is 0 Å². The van der Waals surface area contributed by atoms with Gasteiger partial charge >= 0.3 is 0 Å². The zero-order valence-electron chi connectivity index (χ0n) is 8.65. The van der Waals surface area contributed by atoms with Gasteiger partial charge in [0.1, 0.15) is 0 Å². The smallest absolute Gasteiger partial charge is 0.000819 e. The Morgan fingerprint density at radius 1 is 1.08 bits per heavy atom. The van der Waals surface area contributed by atoms with Crippen LogP contribution in [0.15, 0.2) is 0 Å². The first kappa shape index (κ1) is 11.9. The van der Waals surface area contributed by atoms with Gasteiger partial charge in [-0.3, -0.25) is 0 Å². The van der Waals surface area contributed by atoms with Crippen LogP contribution in [0, 0.1) is 5.21 Å². The normalized spacial score (nSPS) is 12.0. The summed E-state index contributed by atoms with van der Waals surface area (Å²) in [5.41, 5.74) is 1.87. The van der Waals surface area contributed by atoms with Gasteiger partial charge in [-0.2, -0.15) is 0 Å². The Hall–Kier alpha value is -0.0800. The van der Waals surface area contributed by atoms with E-state index >= 15 is 0 Å². The Labute approximate surface area is 76.3 Å². The fourth-order valence-corrected chi connectivity index (χ4v) is 1.22. The van der Waals surface area contributed by atoms with E-state index in [4.69, 9.17) is 0 Å². The van der Waals surface area contributed by atoms with Gasteiger partial charge < -0.3 is 10.7 Å². The number of unbranched alkanes of at least 4 members (excludes halogenated alkanes) is 4. The fourth-order valence-electron chi connectivity index (χ4n) is 1.22. The maximum atomic E-state index is 10.4. The lowest BCUT2D eigenvalue weighted by atomic mass is 9.97. The van der Waals surface area contributed by atoms with Crippen LogP contribution in [-0.4, -0.2) is 5.54 Å². The molecular weight excluding hydrogens is 150 g/mol. The van der Waals surface area contributed by atoms with Gasteiger partial charge in [0.25, 0.3) is 0 Å². The molecule has 0 radical (unpaired) electrons. The van der Waals surface area contributed by atoms with E-state index in [1.807, 2.05) is 13.8 Å². The first-order valence-electron chi connectivity index (χ1n) is 5.01. The molecule has 2 heteroatoms. The molecule has 0 spiro atoms. The number of hydrogen-bond donors (Lipinski definition) is 1. The van der Waals surface area contributed by atoms with Gasteiger partial charge in [0, 0.05) is 5.54 Å². The lowest BCUT2D eigenvalue weighted by Crippen LogP contribution is -2.34. The van der Waals surface area contributed by atoms with Crippen LogP contribution < -0.4 is 5.48 Å². The lowest BCUT2D eigenvalue weighted by molar-refractivity contribution is 0.388. The van der Waals surface area contributed by atoms with Gasteiger partial charge in [-0.15, -0.1) is 0 Å². The third-order valence-electron chi connectivity index (χ3n) is 2.18. The highest BCUT2D eigenvalue weighted by Crippen LogP contribution is 2.14. The van der Waals surface area contributed by atoms with Gasteiger partial charge in [-0.05, 0) is 20.3 Å². The molecule has 0 atom stereocenters. The molecule has 0 saturated heterocycles. The van der Waals surface area contributed by atoms with E-state index in [1.165, 1.54) is 32.1 Å². The molecule has 0 bridgehead atoms. The van der Waals surface area contributed by atoms with Crippen molar-refractivity contribution in [1.29, 1.82) is 0 Å². The zero-order valence-corrected chi connectivity index (χ0v) is 8.65. The van der Waals surface area contributed by atoms with E-state index in [0.29, 0.717) is 0 Å². The molecule has 0 aromatic rings. The summed E-state index contributed by atoms with van der Waals surface area (Å²) in [6, 6.07) is 0. The third-order valence-corrected chi connectivity index (χ3v) is 2.18. The van der Waals surface area contributed by atoms with Crippen molar-refractivity contribution in [3.63, 3.8) is 0 Å². The molecule has 12 heavy (non-hydrogen) atoms. The number of nitrogens with one attached hydrogen (secondary N) is 1. The van der Waals surface area contributed by atoms with Gasteiger partial charge in [0.2, 0.25) is 0 Å². The standard InChI is InChI=1S/C10H22NO/c1-4-5-6-7-8-9-10(2,3)11-12/h11H,4-9H2,1-3H3/q-1. The molecule has 0 aliphatic carbocycles. The van der Waals surface area contributed by atoms with E-state index in [0.717, 1.165) is 6.42 Å². The van der Waals surface area contributed by atoms with Crippen LogP contribution in [0.3, 0.4) is 0 Å². The van der Waals surface area contributed by atoms with E-state index < -0.39 is 0 Å². The minimum atomic E-state index is -0.216. The highest BCUT2D eigenvalue weighted by molar-refractivity contribution is 4.76. The summed E-state index contributed by atoms with van der Waals surface area (Å²) in [5.74, 6) is 0. The highest BCUT2D eigenvalue weighted by atomic mass is 16.5. The van der Waals surface area contributed by atoms with Gasteiger partial charge in [-0.25, -0.2) is 0 Å². The Morgan fingerprint density at radius 2 is 1.67 bits per heavy atom. The largest absolute Gasteiger partial charge is 0.787 e. The summed E-state index contributed by atoms with van der Waals surface area (Å²) in [6.07, 6.45) is 7.33. The quantitative estimate of drug-likeness (QED) is 0.472.